The molecule has 1 atom stereocenters. The average Bonchev–Trinajstić information content (AvgIpc) is 2.69. The van der Waals surface area contributed by atoms with Gasteiger partial charge in [0.2, 0.25) is 10.0 Å². The van der Waals surface area contributed by atoms with Crippen molar-refractivity contribution in [3.8, 4) is 0 Å². The van der Waals surface area contributed by atoms with Crippen LogP contribution in [-0.4, -0.2) is 36.2 Å². The SMILES string of the molecule is CCC(C)CNS(=O)(=O)c1c(C(=O)O)n[nH]c1C. The van der Waals surface area contributed by atoms with Crippen LogP contribution < -0.4 is 4.72 Å². The van der Waals surface area contributed by atoms with E-state index in [9.17, 15) is 13.2 Å². The summed E-state index contributed by atoms with van der Waals surface area (Å²) in [6, 6.07) is 0. The van der Waals surface area contributed by atoms with E-state index in [1.54, 1.807) is 0 Å². The summed E-state index contributed by atoms with van der Waals surface area (Å²) in [7, 11) is -3.85. The Morgan fingerprint density at radius 2 is 2.17 bits per heavy atom. The summed E-state index contributed by atoms with van der Waals surface area (Å²) < 4.78 is 26.4. The number of H-pyrrole nitrogens is 1. The topological polar surface area (TPSA) is 112 Å². The van der Waals surface area contributed by atoms with Gasteiger partial charge in [0.15, 0.2) is 5.69 Å². The van der Waals surface area contributed by atoms with Crippen LogP contribution in [0, 0.1) is 12.8 Å². The highest BCUT2D eigenvalue weighted by atomic mass is 32.2. The summed E-state index contributed by atoms with van der Waals surface area (Å²) in [6.45, 7) is 5.59. The zero-order valence-electron chi connectivity index (χ0n) is 10.5. The molecule has 0 saturated heterocycles. The highest BCUT2D eigenvalue weighted by molar-refractivity contribution is 7.89. The van der Waals surface area contributed by atoms with Crippen molar-refractivity contribution in [2.24, 2.45) is 5.92 Å². The lowest BCUT2D eigenvalue weighted by Crippen LogP contribution is -2.29. The molecule has 0 aromatic carbocycles. The maximum Gasteiger partial charge on any atom is 0.357 e. The number of sulfonamides is 1. The highest BCUT2D eigenvalue weighted by Crippen LogP contribution is 2.17. The van der Waals surface area contributed by atoms with Crippen LogP contribution in [0.3, 0.4) is 0 Å². The summed E-state index contributed by atoms with van der Waals surface area (Å²) in [6.07, 6.45) is 0.832. The van der Waals surface area contributed by atoms with Crippen LogP contribution in [0.4, 0.5) is 0 Å². The fraction of sp³-hybridized carbons (Fsp3) is 0.600. The molecule has 1 heterocycles. The second-order valence-corrected chi connectivity index (χ2v) is 5.90. The normalized spacial score (nSPS) is 13.5. The van der Waals surface area contributed by atoms with E-state index >= 15 is 0 Å². The standard InChI is InChI=1S/C10H17N3O4S/c1-4-6(2)5-11-18(16,17)9-7(3)12-13-8(9)10(14)15/h6,11H,4-5H2,1-3H3,(H,12,13)(H,14,15). The van der Waals surface area contributed by atoms with Crippen LogP contribution in [-0.2, 0) is 10.0 Å². The molecular weight excluding hydrogens is 258 g/mol. The molecule has 1 unspecified atom stereocenters. The van der Waals surface area contributed by atoms with E-state index < -0.39 is 21.7 Å². The number of carboxylic acids is 1. The lowest BCUT2D eigenvalue weighted by atomic mass is 10.1. The number of aromatic nitrogens is 2. The molecule has 0 radical (unpaired) electrons. The summed E-state index contributed by atoms with van der Waals surface area (Å²) in [5.41, 5.74) is -0.270. The quantitative estimate of drug-likeness (QED) is 0.709. The minimum atomic E-state index is -3.85. The number of carboxylic acid groups (broad SMARTS) is 1. The molecule has 102 valence electrons. The van der Waals surface area contributed by atoms with E-state index in [4.69, 9.17) is 5.11 Å². The smallest absolute Gasteiger partial charge is 0.357 e. The van der Waals surface area contributed by atoms with Gasteiger partial charge in [-0.25, -0.2) is 17.9 Å². The maximum atomic E-state index is 12.0. The number of aryl methyl sites for hydroxylation is 1. The Bertz CT molecular complexity index is 535. The monoisotopic (exact) mass is 275 g/mol. The summed E-state index contributed by atoms with van der Waals surface area (Å²) in [5, 5.41) is 14.8. The van der Waals surface area contributed by atoms with Crippen LogP contribution in [0.5, 0.6) is 0 Å². The number of aromatic amines is 1. The van der Waals surface area contributed by atoms with Crippen LogP contribution in [0.1, 0.15) is 36.5 Å². The average molecular weight is 275 g/mol. The van der Waals surface area contributed by atoms with E-state index in [-0.39, 0.29) is 23.1 Å². The lowest BCUT2D eigenvalue weighted by molar-refractivity contribution is 0.0686. The molecule has 0 spiro atoms. The Kier molecular flexibility index (Phi) is 4.47. The Morgan fingerprint density at radius 3 is 2.67 bits per heavy atom. The summed E-state index contributed by atoms with van der Waals surface area (Å²) in [4.78, 5) is 10.6. The van der Waals surface area contributed by atoms with Crippen molar-refractivity contribution in [1.29, 1.82) is 0 Å². The number of nitrogens with zero attached hydrogens (tertiary/aromatic N) is 1. The molecule has 1 aromatic heterocycles. The summed E-state index contributed by atoms with van der Waals surface area (Å²) >= 11 is 0. The number of nitrogens with one attached hydrogen (secondary N) is 2. The molecule has 0 fully saturated rings. The van der Waals surface area contributed by atoms with Crippen molar-refractivity contribution < 1.29 is 18.3 Å². The van der Waals surface area contributed by atoms with Gasteiger partial charge in [-0.1, -0.05) is 20.3 Å². The molecule has 0 aliphatic carbocycles. The van der Waals surface area contributed by atoms with Crippen molar-refractivity contribution in [1.82, 2.24) is 14.9 Å². The minimum Gasteiger partial charge on any atom is -0.476 e. The maximum absolute atomic E-state index is 12.0. The Morgan fingerprint density at radius 1 is 1.56 bits per heavy atom. The van der Waals surface area contributed by atoms with Gasteiger partial charge in [-0.15, -0.1) is 0 Å². The first-order valence-corrected chi connectivity index (χ1v) is 7.05. The lowest BCUT2D eigenvalue weighted by Gasteiger charge is -2.10. The molecular formula is C10H17N3O4S. The van der Waals surface area contributed by atoms with E-state index in [0.29, 0.717) is 0 Å². The van der Waals surface area contributed by atoms with Gasteiger partial charge >= 0.3 is 5.97 Å². The number of hydrogen-bond donors (Lipinski definition) is 3. The highest BCUT2D eigenvalue weighted by Gasteiger charge is 2.28. The third-order valence-electron chi connectivity index (χ3n) is 2.68. The molecule has 0 bridgehead atoms. The molecule has 0 aliphatic rings. The molecule has 1 rings (SSSR count). The van der Waals surface area contributed by atoms with Gasteiger partial charge in [-0.3, -0.25) is 5.10 Å². The number of carbonyl (C=O) groups is 1. The summed E-state index contributed by atoms with van der Waals surface area (Å²) in [5.74, 6) is -1.19. The molecule has 0 aliphatic heterocycles. The van der Waals surface area contributed by atoms with Crippen molar-refractivity contribution in [3.05, 3.63) is 11.4 Å². The predicted molar refractivity (Wildman–Crippen MR) is 64.9 cm³/mol. The van der Waals surface area contributed by atoms with Gasteiger partial charge in [0.25, 0.3) is 0 Å². The molecule has 3 N–H and O–H groups in total. The van der Waals surface area contributed by atoms with E-state index in [1.165, 1.54) is 6.92 Å². The Balaban J connectivity index is 3.05. The first kappa shape index (κ1) is 14.7. The molecule has 1 aromatic rings. The Hall–Kier alpha value is -1.41. The third-order valence-corrected chi connectivity index (χ3v) is 4.26. The zero-order valence-corrected chi connectivity index (χ0v) is 11.3. The van der Waals surface area contributed by atoms with Crippen LogP contribution in [0.2, 0.25) is 0 Å². The fourth-order valence-corrected chi connectivity index (χ4v) is 2.85. The van der Waals surface area contributed by atoms with E-state index in [1.807, 2.05) is 13.8 Å². The van der Waals surface area contributed by atoms with Gasteiger partial charge in [0.1, 0.15) is 4.90 Å². The zero-order chi connectivity index (χ0) is 13.9. The second kappa shape index (κ2) is 5.49. The van der Waals surface area contributed by atoms with Crippen LogP contribution in [0.15, 0.2) is 4.90 Å². The predicted octanol–water partition coefficient (Wildman–Crippen LogP) is 0.741. The first-order valence-electron chi connectivity index (χ1n) is 5.57. The van der Waals surface area contributed by atoms with Crippen molar-refractivity contribution in [3.63, 3.8) is 0 Å². The molecule has 0 saturated carbocycles. The largest absolute Gasteiger partial charge is 0.476 e. The first-order chi connectivity index (χ1) is 8.29. The van der Waals surface area contributed by atoms with Gasteiger partial charge in [0, 0.05) is 6.54 Å². The number of hydrogen-bond acceptors (Lipinski definition) is 4. The van der Waals surface area contributed by atoms with Crippen molar-refractivity contribution in [2.75, 3.05) is 6.54 Å². The van der Waals surface area contributed by atoms with Crippen molar-refractivity contribution in [2.45, 2.75) is 32.1 Å². The Labute approximate surface area is 106 Å². The molecule has 8 heteroatoms. The number of aromatic carboxylic acids is 1. The molecule has 0 amide bonds. The van der Waals surface area contributed by atoms with E-state index in [0.717, 1.165) is 6.42 Å². The third kappa shape index (κ3) is 3.08. The number of rotatable bonds is 6. The van der Waals surface area contributed by atoms with Gasteiger partial charge in [0.05, 0.1) is 5.69 Å². The van der Waals surface area contributed by atoms with Crippen LogP contribution in [0.25, 0.3) is 0 Å². The second-order valence-electron chi connectivity index (χ2n) is 4.20. The van der Waals surface area contributed by atoms with Gasteiger partial charge in [-0.05, 0) is 12.8 Å². The van der Waals surface area contributed by atoms with E-state index in [2.05, 4.69) is 14.9 Å². The van der Waals surface area contributed by atoms with Gasteiger partial charge in [-0.2, -0.15) is 5.10 Å². The molecule has 18 heavy (non-hydrogen) atoms. The molecule has 7 nitrogen and oxygen atoms in total. The van der Waals surface area contributed by atoms with Crippen molar-refractivity contribution >= 4 is 16.0 Å². The van der Waals surface area contributed by atoms with Gasteiger partial charge < -0.3 is 5.11 Å². The minimum absolute atomic E-state index is 0.181. The fourth-order valence-electron chi connectivity index (χ4n) is 1.36. The van der Waals surface area contributed by atoms with Crippen LogP contribution >= 0.6 is 0 Å².